The molecule has 0 bridgehead atoms. The van der Waals surface area contributed by atoms with Gasteiger partial charge in [0.25, 0.3) is 5.91 Å². The second-order valence-electron chi connectivity index (χ2n) is 7.16. The molecule has 0 radical (unpaired) electrons. The lowest BCUT2D eigenvalue weighted by Crippen LogP contribution is -2.47. The molecule has 2 fully saturated rings. The van der Waals surface area contributed by atoms with Crippen molar-refractivity contribution in [3.63, 3.8) is 0 Å². The molecule has 0 aliphatic carbocycles. The number of methoxy groups -OCH3 is 1. The van der Waals surface area contributed by atoms with Gasteiger partial charge in [0.1, 0.15) is 12.6 Å². The molecule has 10 heteroatoms. The SMILES string of the molecule is COCCc1noc([C@@H]2CCCCN2C(=O)CN2C(=O)OC(C)(C)C2=O)n1. The van der Waals surface area contributed by atoms with Crippen molar-refractivity contribution >= 4 is 17.9 Å². The van der Waals surface area contributed by atoms with E-state index < -0.39 is 17.6 Å². The Hall–Kier alpha value is -2.49. The Morgan fingerprint density at radius 3 is 2.78 bits per heavy atom. The summed E-state index contributed by atoms with van der Waals surface area (Å²) in [5, 5.41) is 3.93. The van der Waals surface area contributed by atoms with Crippen LogP contribution >= 0.6 is 0 Å². The van der Waals surface area contributed by atoms with E-state index in [0.29, 0.717) is 37.7 Å². The van der Waals surface area contributed by atoms with Gasteiger partial charge in [-0.05, 0) is 33.1 Å². The number of carbonyl (C=O) groups is 3. The number of rotatable bonds is 6. The first-order valence-corrected chi connectivity index (χ1v) is 8.99. The van der Waals surface area contributed by atoms with E-state index in [9.17, 15) is 14.4 Å². The van der Waals surface area contributed by atoms with Crippen LogP contribution in [-0.4, -0.2) is 70.3 Å². The van der Waals surface area contributed by atoms with Crippen molar-refractivity contribution in [2.45, 2.75) is 51.2 Å². The number of imide groups is 1. The van der Waals surface area contributed by atoms with E-state index in [1.165, 1.54) is 13.8 Å². The highest BCUT2D eigenvalue weighted by atomic mass is 16.6. The topological polar surface area (TPSA) is 115 Å². The van der Waals surface area contributed by atoms with Gasteiger partial charge >= 0.3 is 6.09 Å². The van der Waals surface area contributed by atoms with Crippen molar-refractivity contribution in [2.75, 3.05) is 26.8 Å². The number of nitrogens with zero attached hydrogens (tertiary/aromatic N) is 4. The number of piperidine rings is 1. The third-order valence-corrected chi connectivity index (χ3v) is 4.74. The second-order valence-corrected chi connectivity index (χ2v) is 7.16. The molecule has 2 aliphatic heterocycles. The van der Waals surface area contributed by atoms with Gasteiger partial charge < -0.3 is 18.9 Å². The van der Waals surface area contributed by atoms with Crippen LogP contribution in [0.15, 0.2) is 4.52 Å². The molecule has 1 aromatic rings. The first kappa shape index (κ1) is 19.3. The molecule has 2 aliphatic rings. The number of hydrogen-bond acceptors (Lipinski definition) is 8. The Morgan fingerprint density at radius 2 is 2.11 bits per heavy atom. The van der Waals surface area contributed by atoms with Gasteiger partial charge in [-0.1, -0.05) is 5.16 Å². The highest BCUT2D eigenvalue weighted by Gasteiger charge is 2.48. The molecule has 1 aromatic heterocycles. The molecular weight excluding hydrogens is 356 g/mol. The van der Waals surface area contributed by atoms with Crippen molar-refractivity contribution in [1.29, 1.82) is 0 Å². The zero-order chi connectivity index (χ0) is 19.6. The van der Waals surface area contributed by atoms with Crippen LogP contribution < -0.4 is 0 Å². The van der Waals surface area contributed by atoms with Crippen molar-refractivity contribution in [1.82, 2.24) is 19.9 Å². The molecule has 1 atom stereocenters. The van der Waals surface area contributed by atoms with Crippen molar-refractivity contribution < 1.29 is 28.4 Å². The summed E-state index contributed by atoms with van der Waals surface area (Å²) in [4.78, 5) is 43.9. The molecule has 3 rings (SSSR count). The fourth-order valence-corrected chi connectivity index (χ4v) is 3.27. The van der Waals surface area contributed by atoms with Crippen LogP contribution in [0.4, 0.5) is 4.79 Å². The predicted octanol–water partition coefficient (Wildman–Crippen LogP) is 1.07. The maximum absolute atomic E-state index is 12.8. The van der Waals surface area contributed by atoms with Crippen LogP contribution in [0.1, 0.15) is 50.9 Å². The summed E-state index contributed by atoms with van der Waals surface area (Å²) in [5.41, 5.74) is -1.25. The smallest absolute Gasteiger partial charge is 0.418 e. The number of aromatic nitrogens is 2. The van der Waals surface area contributed by atoms with Crippen LogP contribution in [0.25, 0.3) is 0 Å². The number of hydrogen-bond donors (Lipinski definition) is 0. The number of ether oxygens (including phenoxy) is 2. The van der Waals surface area contributed by atoms with E-state index >= 15 is 0 Å². The second kappa shape index (κ2) is 7.63. The molecule has 0 unspecified atom stereocenters. The summed E-state index contributed by atoms with van der Waals surface area (Å²) in [6.45, 7) is 3.62. The molecule has 10 nitrogen and oxygen atoms in total. The normalized spacial score (nSPS) is 22.3. The van der Waals surface area contributed by atoms with Crippen molar-refractivity contribution in [3.05, 3.63) is 11.7 Å². The fourth-order valence-electron chi connectivity index (χ4n) is 3.27. The Morgan fingerprint density at radius 1 is 1.33 bits per heavy atom. The monoisotopic (exact) mass is 380 g/mol. The van der Waals surface area contributed by atoms with E-state index in [0.717, 1.165) is 17.7 Å². The third-order valence-electron chi connectivity index (χ3n) is 4.74. The van der Waals surface area contributed by atoms with E-state index in [1.807, 2.05) is 0 Å². The van der Waals surface area contributed by atoms with E-state index in [4.69, 9.17) is 14.0 Å². The summed E-state index contributed by atoms with van der Waals surface area (Å²) in [5.74, 6) is 0.0167. The number of likely N-dealkylation sites (tertiary alicyclic amines) is 1. The molecule has 0 saturated carbocycles. The lowest BCUT2D eigenvalue weighted by atomic mass is 10.0. The van der Waals surface area contributed by atoms with E-state index in [-0.39, 0.29) is 18.5 Å². The molecule has 0 N–H and O–H groups in total. The minimum Gasteiger partial charge on any atom is -0.433 e. The third kappa shape index (κ3) is 3.95. The molecule has 3 heterocycles. The zero-order valence-electron chi connectivity index (χ0n) is 15.8. The number of amides is 3. The number of cyclic esters (lactones) is 1. The summed E-state index contributed by atoms with van der Waals surface area (Å²) in [6.07, 6.45) is 2.15. The van der Waals surface area contributed by atoms with Gasteiger partial charge in [0.15, 0.2) is 11.4 Å². The Labute approximate surface area is 156 Å². The van der Waals surface area contributed by atoms with Crippen molar-refractivity contribution in [2.24, 2.45) is 0 Å². The van der Waals surface area contributed by atoms with Crippen LogP contribution in [0, 0.1) is 0 Å². The Kier molecular flexibility index (Phi) is 5.45. The average molecular weight is 380 g/mol. The van der Waals surface area contributed by atoms with Crippen LogP contribution in [0.2, 0.25) is 0 Å². The van der Waals surface area contributed by atoms with Gasteiger partial charge in [-0.15, -0.1) is 0 Å². The maximum atomic E-state index is 12.8. The van der Waals surface area contributed by atoms with Gasteiger partial charge in [-0.3, -0.25) is 9.59 Å². The lowest BCUT2D eigenvalue weighted by Gasteiger charge is -2.34. The standard InChI is InChI=1S/C17H24N4O6/c1-17(2)15(23)21(16(24)26-17)10-13(22)20-8-5-4-6-11(20)14-18-12(19-27-14)7-9-25-3/h11H,4-10H2,1-3H3/t11-/m0/s1. The lowest BCUT2D eigenvalue weighted by molar-refractivity contribution is -0.142. The first-order chi connectivity index (χ1) is 12.8. The molecular formula is C17H24N4O6. The van der Waals surface area contributed by atoms with Gasteiger partial charge in [0.05, 0.1) is 6.61 Å². The minimum absolute atomic E-state index is 0.348. The quantitative estimate of drug-likeness (QED) is 0.720. The molecule has 0 spiro atoms. The Balaban J connectivity index is 1.71. The highest BCUT2D eigenvalue weighted by Crippen LogP contribution is 2.31. The molecule has 27 heavy (non-hydrogen) atoms. The van der Waals surface area contributed by atoms with E-state index in [2.05, 4.69) is 10.1 Å². The molecule has 0 aromatic carbocycles. The summed E-state index contributed by atoms with van der Waals surface area (Å²) >= 11 is 0. The predicted molar refractivity (Wildman–Crippen MR) is 90.5 cm³/mol. The maximum Gasteiger partial charge on any atom is 0.418 e. The Bertz CT molecular complexity index is 731. The van der Waals surface area contributed by atoms with Crippen LogP contribution in [0.3, 0.4) is 0 Å². The van der Waals surface area contributed by atoms with Gasteiger partial charge in [-0.25, -0.2) is 9.69 Å². The van der Waals surface area contributed by atoms with Gasteiger partial charge in [-0.2, -0.15) is 4.98 Å². The van der Waals surface area contributed by atoms with E-state index in [1.54, 1.807) is 12.0 Å². The minimum atomic E-state index is -1.25. The fraction of sp³-hybridized carbons (Fsp3) is 0.706. The van der Waals surface area contributed by atoms with Crippen LogP contribution in [0.5, 0.6) is 0 Å². The van der Waals surface area contributed by atoms with Crippen LogP contribution in [-0.2, 0) is 25.5 Å². The number of carbonyl (C=O) groups excluding carboxylic acids is 3. The largest absolute Gasteiger partial charge is 0.433 e. The summed E-state index contributed by atoms with van der Waals surface area (Å²) in [6, 6.07) is -0.364. The highest BCUT2D eigenvalue weighted by molar-refractivity contribution is 6.04. The van der Waals surface area contributed by atoms with Gasteiger partial charge in [0, 0.05) is 20.1 Å². The first-order valence-electron chi connectivity index (χ1n) is 8.99. The zero-order valence-corrected chi connectivity index (χ0v) is 15.8. The molecule has 148 valence electrons. The average Bonchev–Trinajstić information content (AvgIpc) is 3.18. The van der Waals surface area contributed by atoms with Crippen molar-refractivity contribution in [3.8, 4) is 0 Å². The molecule has 3 amide bonds. The van der Waals surface area contributed by atoms with Gasteiger partial charge in [0.2, 0.25) is 11.8 Å². The summed E-state index contributed by atoms with van der Waals surface area (Å²) in [7, 11) is 1.59. The molecule has 2 saturated heterocycles. The summed E-state index contributed by atoms with van der Waals surface area (Å²) < 4.78 is 15.4.